The number of hydrogen-bond acceptors (Lipinski definition) is 4. The van der Waals surface area contributed by atoms with Gasteiger partial charge in [-0.2, -0.15) is 13.5 Å². The summed E-state index contributed by atoms with van der Waals surface area (Å²) in [6, 6.07) is 6.08. The van der Waals surface area contributed by atoms with Crippen LogP contribution in [0.4, 0.5) is 5.69 Å². The molecule has 0 radical (unpaired) electrons. The minimum absolute atomic E-state index is 0.114. The lowest BCUT2D eigenvalue weighted by molar-refractivity contribution is -0.116. The summed E-state index contributed by atoms with van der Waals surface area (Å²) in [6.45, 7) is 0.818. The molecule has 144 valence electrons. The van der Waals surface area contributed by atoms with E-state index < -0.39 is 10.0 Å². The highest BCUT2D eigenvalue weighted by molar-refractivity contribution is 7.90. The van der Waals surface area contributed by atoms with Gasteiger partial charge in [0, 0.05) is 45.4 Å². The number of amides is 1. The molecule has 2 aromatic rings. The molecule has 0 saturated carbocycles. The maximum absolute atomic E-state index is 12.4. The van der Waals surface area contributed by atoms with Crippen molar-refractivity contribution >= 4 is 27.5 Å². The van der Waals surface area contributed by atoms with Gasteiger partial charge in [-0.3, -0.25) is 9.48 Å². The molecule has 1 aliphatic rings. The van der Waals surface area contributed by atoms with E-state index in [1.807, 2.05) is 25.2 Å². The Bertz CT molecular complexity index is 948. The number of carbonyl (C=O) groups excluding carboxylic acids is 1. The third-order valence-electron chi connectivity index (χ3n) is 4.40. The predicted molar refractivity (Wildman–Crippen MR) is 103 cm³/mol. The minimum atomic E-state index is -3.74. The molecule has 0 unspecified atom stereocenters. The zero-order valence-corrected chi connectivity index (χ0v) is 16.2. The molecule has 0 bridgehead atoms. The van der Waals surface area contributed by atoms with Crippen molar-refractivity contribution < 1.29 is 13.2 Å². The summed E-state index contributed by atoms with van der Waals surface area (Å²) in [6.07, 6.45) is 6.10. The first-order chi connectivity index (χ1) is 12.8. The minimum Gasteiger partial charge on any atom is -0.362 e. The molecule has 1 aromatic heterocycles. The van der Waals surface area contributed by atoms with Gasteiger partial charge in [0.2, 0.25) is 5.91 Å². The van der Waals surface area contributed by atoms with Crippen molar-refractivity contribution in [3.05, 3.63) is 42.2 Å². The molecular formula is C18H23N5O3S. The van der Waals surface area contributed by atoms with Crippen molar-refractivity contribution in [3.8, 4) is 0 Å². The Kier molecular flexibility index (Phi) is 5.59. The lowest BCUT2D eigenvalue weighted by Crippen LogP contribution is -2.20. The molecule has 2 heterocycles. The standard InChI is InChI=1S/C18H23N5O3S/c1-22-11-3-4-17(22)21-27(25,26)16-8-6-15(7-9-16)20-18(24)10-5-14-12-19-23(2)13-14/h6-9,12-13H,3-5,10-11H2,1-2H3,(H,20,24). The van der Waals surface area contributed by atoms with Crippen LogP contribution in [-0.4, -0.2) is 48.4 Å². The Morgan fingerprint density at radius 2 is 2.00 bits per heavy atom. The predicted octanol–water partition coefficient (Wildman–Crippen LogP) is 1.80. The lowest BCUT2D eigenvalue weighted by Gasteiger charge is -2.11. The topological polar surface area (TPSA) is 96.7 Å². The number of anilines is 1. The van der Waals surface area contributed by atoms with Gasteiger partial charge in [-0.25, -0.2) is 0 Å². The van der Waals surface area contributed by atoms with Gasteiger partial charge in [0.1, 0.15) is 5.84 Å². The first-order valence-corrected chi connectivity index (χ1v) is 10.2. The Labute approximate surface area is 159 Å². The van der Waals surface area contributed by atoms with Crippen molar-refractivity contribution in [1.82, 2.24) is 14.7 Å². The van der Waals surface area contributed by atoms with Crippen LogP contribution in [0, 0.1) is 0 Å². The van der Waals surface area contributed by atoms with E-state index in [9.17, 15) is 13.2 Å². The van der Waals surface area contributed by atoms with Gasteiger partial charge in [0.25, 0.3) is 10.0 Å². The molecule has 1 fully saturated rings. The summed E-state index contributed by atoms with van der Waals surface area (Å²) in [4.78, 5) is 14.0. The molecule has 1 saturated heterocycles. The average Bonchev–Trinajstić information content (AvgIpc) is 3.22. The van der Waals surface area contributed by atoms with E-state index in [0.29, 0.717) is 30.8 Å². The Morgan fingerprint density at radius 1 is 1.26 bits per heavy atom. The molecule has 9 heteroatoms. The van der Waals surface area contributed by atoms with E-state index in [0.717, 1.165) is 18.5 Å². The van der Waals surface area contributed by atoms with Crippen molar-refractivity contribution in [1.29, 1.82) is 0 Å². The molecule has 0 aliphatic carbocycles. The smallest absolute Gasteiger partial charge is 0.283 e. The summed E-state index contributed by atoms with van der Waals surface area (Å²) >= 11 is 0. The van der Waals surface area contributed by atoms with Gasteiger partial charge in [0.15, 0.2) is 0 Å². The van der Waals surface area contributed by atoms with Crippen LogP contribution in [0.1, 0.15) is 24.8 Å². The lowest BCUT2D eigenvalue weighted by atomic mass is 10.2. The second-order valence-electron chi connectivity index (χ2n) is 6.60. The first kappa shape index (κ1) is 19.1. The van der Waals surface area contributed by atoms with Gasteiger partial charge in [-0.1, -0.05) is 0 Å². The second-order valence-corrected chi connectivity index (χ2v) is 8.21. The van der Waals surface area contributed by atoms with Crippen LogP contribution < -0.4 is 5.32 Å². The Morgan fingerprint density at radius 3 is 2.59 bits per heavy atom. The fraction of sp³-hybridized carbons (Fsp3) is 0.389. The SMILES string of the molecule is CN1CCCC1=NS(=O)(=O)c1ccc(NC(=O)CCc2cnn(C)c2)cc1. The van der Waals surface area contributed by atoms with Gasteiger partial charge < -0.3 is 10.2 Å². The quantitative estimate of drug-likeness (QED) is 0.813. The molecule has 8 nitrogen and oxygen atoms in total. The number of aryl methyl sites for hydroxylation is 2. The zero-order chi connectivity index (χ0) is 19.4. The fourth-order valence-corrected chi connectivity index (χ4v) is 3.99. The molecule has 0 spiro atoms. The number of likely N-dealkylation sites (tertiary alicyclic amines) is 1. The highest BCUT2D eigenvalue weighted by atomic mass is 32.2. The van der Waals surface area contributed by atoms with E-state index in [4.69, 9.17) is 0 Å². The number of hydrogen-bond donors (Lipinski definition) is 1. The number of rotatable bonds is 6. The maximum atomic E-state index is 12.4. The first-order valence-electron chi connectivity index (χ1n) is 8.76. The number of benzene rings is 1. The summed E-state index contributed by atoms with van der Waals surface area (Å²) < 4.78 is 30.5. The summed E-state index contributed by atoms with van der Waals surface area (Å²) in [7, 11) is -0.0746. The highest BCUT2D eigenvalue weighted by Crippen LogP contribution is 2.19. The summed E-state index contributed by atoms with van der Waals surface area (Å²) in [5.74, 6) is 0.449. The number of nitrogens with one attached hydrogen (secondary N) is 1. The molecule has 1 amide bonds. The van der Waals surface area contributed by atoms with Gasteiger partial charge in [-0.05, 0) is 42.7 Å². The molecular weight excluding hydrogens is 366 g/mol. The molecule has 1 aliphatic heterocycles. The van der Waals surface area contributed by atoms with Crippen molar-refractivity contribution in [2.75, 3.05) is 18.9 Å². The number of carbonyl (C=O) groups is 1. The van der Waals surface area contributed by atoms with Crippen LogP contribution >= 0.6 is 0 Å². The highest BCUT2D eigenvalue weighted by Gasteiger charge is 2.20. The fourth-order valence-electron chi connectivity index (χ4n) is 2.89. The zero-order valence-electron chi connectivity index (χ0n) is 15.4. The summed E-state index contributed by atoms with van der Waals surface area (Å²) in [5, 5.41) is 6.84. The molecule has 0 atom stereocenters. The normalized spacial score (nSPS) is 16.1. The van der Waals surface area contributed by atoms with Gasteiger partial charge >= 0.3 is 0 Å². The van der Waals surface area contributed by atoms with E-state index in [-0.39, 0.29) is 10.8 Å². The maximum Gasteiger partial charge on any atom is 0.283 e. The van der Waals surface area contributed by atoms with E-state index in [2.05, 4.69) is 14.8 Å². The third kappa shape index (κ3) is 4.94. The monoisotopic (exact) mass is 389 g/mol. The van der Waals surface area contributed by atoms with Crippen LogP contribution in [0.15, 0.2) is 46.0 Å². The molecule has 27 heavy (non-hydrogen) atoms. The Balaban J connectivity index is 1.60. The second kappa shape index (κ2) is 7.91. The van der Waals surface area contributed by atoms with Crippen LogP contribution in [0.2, 0.25) is 0 Å². The summed E-state index contributed by atoms with van der Waals surface area (Å²) in [5.41, 5.74) is 1.54. The van der Waals surface area contributed by atoms with Gasteiger partial charge in [0.05, 0.1) is 11.1 Å². The van der Waals surface area contributed by atoms with E-state index in [1.165, 1.54) is 12.1 Å². The average molecular weight is 389 g/mol. The largest absolute Gasteiger partial charge is 0.362 e. The van der Waals surface area contributed by atoms with Crippen molar-refractivity contribution in [2.45, 2.75) is 30.6 Å². The van der Waals surface area contributed by atoms with Crippen molar-refractivity contribution in [3.63, 3.8) is 0 Å². The van der Waals surface area contributed by atoms with E-state index >= 15 is 0 Å². The molecule has 3 rings (SSSR count). The van der Waals surface area contributed by atoms with Crippen LogP contribution in [-0.2, 0) is 28.3 Å². The molecule has 1 aromatic carbocycles. The molecule has 1 N–H and O–H groups in total. The van der Waals surface area contributed by atoms with E-state index in [1.54, 1.807) is 23.0 Å². The van der Waals surface area contributed by atoms with Crippen LogP contribution in [0.3, 0.4) is 0 Å². The van der Waals surface area contributed by atoms with Crippen molar-refractivity contribution in [2.24, 2.45) is 11.4 Å². The van der Waals surface area contributed by atoms with Gasteiger partial charge in [-0.15, -0.1) is 4.40 Å². The number of nitrogens with zero attached hydrogens (tertiary/aromatic N) is 4. The third-order valence-corrected chi connectivity index (χ3v) is 5.71. The van der Waals surface area contributed by atoms with Crippen LogP contribution in [0.25, 0.3) is 0 Å². The number of aromatic nitrogens is 2. The Hall–Kier alpha value is -2.68. The number of amidine groups is 1. The van der Waals surface area contributed by atoms with Crippen LogP contribution in [0.5, 0.6) is 0 Å². The number of sulfonamides is 1.